The van der Waals surface area contributed by atoms with Gasteiger partial charge in [-0.3, -0.25) is 9.59 Å². The molecular weight excluding hydrogens is 600 g/mol. The van der Waals surface area contributed by atoms with Crippen molar-refractivity contribution in [2.24, 2.45) is 0 Å². The average Bonchev–Trinajstić information content (AvgIpc) is 3.45. The molecule has 230 valence electrons. The van der Waals surface area contributed by atoms with Crippen molar-refractivity contribution >= 4 is 56.4 Å². The summed E-state index contributed by atoms with van der Waals surface area (Å²) in [7, 11) is 0. The topological polar surface area (TPSA) is 111 Å². The van der Waals surface area contributed by atoms with E-state index in [-0.39, 0.29) is 21.1 Å². The number of ether oxygens (including phenoxy) is 2. The summed E-state index contributed by atoms with van der Waals surface area (Å²) in [5.74, 6) is -17.7. The highest BCUT2D eigenvalue weighted by Crippen LogP contribution is 2.43. The fourth-order valence-electron chi connectivity index (χ4n) is 4.93. The molecule has 0 bridgehead atoms. The average molecular weight is 633 g/mol. The molecule has 42 heavy (non-hydrogen) atoms. The first-order valence-corrected chi connectivity index (χ1v) is 15.4. The number of alkyl halides is 4. The van der Waals surface area contributed by atoms with Gasteiger partial charge < -0.3 is 20.1 Å². The van der Waals surface area contributed by atoms with Crippen LogP contribution in [-0.2, 0) is 44.7 Å². The van der Waals surface area contributed by atoms with Crippen LogP contribution in [0.5, 0.6) is 0 Å². The molecule has 4 rings (SSSR count). The highest BCUT2D eigenvalue weighted by Gasteiger charge is 2.67. The zero-order valence-corrected chi connectivity index (χ0v) is 25.2. The maximum absolute atomic E-state index is 15.1. The van der Waals surface area contributed by atoms with Crippen LogP contribution in [-0.4, -0.2) is 47.8 Å². The van der Waals surface area contributed by atoms with E-state index in [2.05, 4.69) is 0 Å². The molecule has 0 fully saturated rings. The zero-order chi connectivity index (χ0) is 31.0. The number of halogens is 4. The van der Waals surface area contributed by atoms with E-state index < -0.39 is 47.8 Å². The number of fused-ring (bicyclic) bond motifs is 2. The van der Waals surface area contributed by atoms with Crippen LogP contribution in [0.4, 0.5) is 27.6 Å². The SMILES string of the molecule is CC(C)OC(=O)c1c(NC(=O)C(F)(F)C(F)(F)C(=O)Nc2sc3c(c2C(=O)OC(C)C)CCCC3)sc2c1CCCC2. The number of hydrogen-bond acceptors (Lipinski definition) is 8. The molecule has 0 saturated carbocycles. The maximum atomic E-state index is 15.1. The fraction of sp³-hybridized carbons (Fsp3) is 0.571. The highest BCUT2D eigenvalue weighted by atomic mass is 32.1. The molecule has 2 N–H and O–H groups in total. The number of esters is 2. The fourth-order valence-corrected chi connectivity index (χ4v) is 7.48. The number of carbonyl (C=O) groups is 4. The number of nitrogens with one attached hydrogen (secondary N) is 2. The predicted molar refractivity (Wildman–Crippen MR) is 150 cm³/mol. The third-order valence-corrected chi connectivity index (χ3v) is 9.27. The van der Waals surface area contributed by atoms with Gasteiger partial charge in [-0.05, 0) is 90.2 Å². The first-order chi connectivity index (χ1) is 19.6. The van der Waals surface area contributed by atoms with Gasteiger partial charge in [0.1, 0.15) is 10.0 Å². The van der Waals surface area contributed by atoms with E-state index in [0.717, 1.165) is 35.5 Å². The minimum Gasteiger partial charge on any atom is -0.459 e. The van der Waals surface area contributed by atoms with Crippen molar-refractivity contribution in [3.8, 4) is 0 Å². The second kappa shape index (κ2) is 12.3. The van der Waals surface area contributed by atoms with Gasteiger partial charge in [0.05, 0.1) is 23.3 Å². The van der Waals surface area contributed by atoms with Crippen molar-refractivity contribution < 1.29 is 46.2 Å². The maximum Gasteiger partial charge on any atom is 0.396 e. The third-order valence-electron chi connectivity index (χ3n) is 6.86. The van der Waals surface area contributed by atoms with Crippen molar-refractivity contribution in [3.05, 3.63) is 32.0 Å². The van der Waals surface area contributed by atoms with Crippen molar-refractivity contribution in [3.63, 3.8) is 0 Å². The Labute approximate surface area is 248 Å². The summed E-state index contributed by atoms with van der Waals surface area (Å²) in [5, 5.41) is 2.88. The predicted octanol–water partition coefficient (Wildman–Crippen LogP) is 6.55. The molecular formula is C28H32F4N2O6S2. The van der Waals surface area contributed by atoms with E-state index in [4.69, 9.17) is 9.47 Å². The largest absolute Gasteiger partial charge is 0.459 e. The van der Waals surface area contributed by atoms with Gasteiger partial charge in [-0.2, -0.15) is 17.6 Å². The lowest BCUT2D eigenvalue weighted by molar-refractivity contribution is -0.204. The van der Waals surface area contributed by atoms with E-state index in [1.54, 1.807) is 38.3 Å². The normalized spacial score (nSPS) is 15.2. The molecule has 0 spiro atoms. The molecule has 2 aromatic heterocycles. The van der Waals surface area contributed by atoms with Crippen molar-refractivity contribution in [2.75, 3.05) is 10.6 Å². The molecule has 0 aromatic carbocycles. The Balaban J connectivity index is 1.60. The third kappa shape index (κ3) is 6.19. The van der Waals surface area contributed by atoms with Crippen LogP contribution in [0.25, 0.3) is 0 Å². The van der Waals surface area contributed by atoms with Gasteiger partial charge in [0.15, 0.2) is 0 Å². The highest BCUT2D eigenvalue weighted by molar-refractivity contribution is 7.17. The van der Waals surface area contributed by atoms with Gasteiger partial charge in [-0.25, -0.2) is 9.59 Å². The summed E-state index contributed by atoms with van der Waals surface area (Å²) < 4.78 is 70.8. The molecule has 0 aliphatic heterocycles. The monoisotopic (exact) mass is 632 g/mol. The number of hydrogen-bond donors (Lipinski definition) is 2. The van der Waals surface area contributed by atoms with Crippen molar-refractivity contribution in [1.29, 1.82) is 0 Å². The molecule has 2 aliphatic carbocycles. The molecule has 8 nitrogen and oxygen atoms in total. The molecule has 2 heterocycles. The lowest BCUT2D eigenvalue weighted by Crippen LogP contribution is -2.56. The van der Waals surface area contributed by atoms with Gasteiger partial charge in [0.25, 0.3) is 0 Å². The Morgan fingerprint density at radius 2 is 0.976 bits per heavy atom. The van der Waals surface area contributed by atoms with Gasteiger partial charge in [0, 0.05) is 9.75 Å². The van der Waals surface area contributed by atoms with E-state index in [9.17, 15) is 19.2 Å². The van der Waals surface area contributed by atoms with Gasteiger partial charge in [-0.15, -0.1) is 22.7 Å². The molecule has 0 unspecified atom stereocenters. The summed E-state index contributed by atoms with van der Waals surface area (Å²) in [4.78, 5) is 52.2. The van der Waals surface area contributed by atoms with Gasteiger partial charge in [-0.1, -0.05) is 0 Å². The minimum atomic E-state index is -5.52. The number of anilines is 2. The van der Waals surface area contributed by atoms with Crippen LogP contribution >= 0.6 is 22.7 Å². The number of aryl methyl sites for hydroxylation is 2. The summed E-state index contributed by atoms with van der Waals surface area (Å²) in [6.07, 6.45) is 3.79. The lowest BCUT2D eigenvalue weighted by atomic mass is 9.95. The van der Waals surface area contributed by atoms with Crippen LogP contribution in [0.2, 0.25) is 0 Å². The first-order valence-electron chi connectivity index (χ1n) is 13.7. The Kier molecular flexibility index (Phi) is 9.36. The quantitative estimate of drug-likeness (QED) is 0.240. The zero-order valence-electron chi connectivity index (χ0n) is 23.6. The summed E-state index contributed by atoms with van der Waals surface area (Å²) in [6.45, 7) is 6.33. The van der Waals surface area contributed by atoms with Crippen LogP contribution in [0, 0.1) is 0 Å². The second-order valence-corrected chi connectivity index (χ2v) is 13.0. The van der Waals surface area contributed by atoms with Crippen LogP contribution in [0.1, 0.15) is 95.0 Å². The number of carbonyl (C=O) groups excluding carboxylic acids is 4. The molecule has 0 atom stereocenters. The van der Waals surface area contributed by atoms with Crippen molar-refractivity contribution in [1.82, 2.24) is 0 Å². The Bertz CT molecular complexity index is 1290. The molecule has 0 radical (unpaired) electrons. The van der Waals surface area contributed by atoms with Crippen molar-refractivity contribution in [2.45, 2.75) is 103 Å². The lowest BCUT2D eigenvalue weighted by Gasteiger charge is -2.24. The Morgan fingerprint density at radius 1 is 0.643 bits per heavy atom. The Hall–Kier alpha value is -3.00. The van der Waals surface area contributed by atoms with E-state index in [1.165, 1.54) is 0 Å². The molecule has 2 aromatic rings. The summed E-state index contributed by atoms with van der Waals surface area (Å²) in [6, 6.07) is 0. The standard InChI is InChI=1S/C28H32F4N2O6S2/c1-13(2)39-23(35)19-15-9-5-7-11-17(15)41-21(19)33-25(37)27(29,30)28(31,32)26(38)34-22-20(24(36)40-14(3)4)16-10-6-8-12-18(16)42-22/h13-14H,5-12H2,1-4H3,(H,33,37)(H,34,38). The number of thiophene rings is 2. The number of rotatable bonds is 9. The van der Waals surface area contributed by atoms with Gasteiger partial charge in [0.2, 0.25) is 0 Å². The van der Waals surface area contributed by atoms with E-state index >= 15 is 17.6 Å². The van der Waals surface area contributed by atoms with E-state index in [1.807, 2.05) is 0 Å². The Morgan fingerprint density at radius 3 is 1.31 bits per heavy atom. The summed E-state index contributed by atoms with van der Waals surface area (Å²) in [5.41, 5.74) is 0.778. The van der Waals surface area contributed by atoms with Crippen LogP contribution in [0.15, 0.2) is 0 Å². The molecule has 0 saturated heterocycles. The molecule has 2 amide bonds. The molecule has 14 heteroatoms. The van der Waals surface area contributed by atoms with Crippen LogP contribution in [0.3, 0.4) is 0 Å². The van der Waals surface area contributed by atoms with Gasteiger partial charge >= 0.3 is 35.6 Å². The summed E-state index contributed by atoms with van der Waals surface area (Å²) >= 11 is 1.69. The second-order valence-electron chi connectivity index (χ2n) is 10.8. The van der Waals surface area contributed by atoms with Crippen LogP contribution < -0.4 is 10.6 Å². The molecule has 2 aliphatic rings. The van der Waals surface area contributed by atoms with E-state index in [0.29, 0.717) is 59.4 Å². The minimum absolute atomic E-state index is 0.141. The smallest absolute Gasteiger partial charge is 0.396 e. The number of amides is 2. The first kappa shape index (κ1) is 31.9.